The molecule has 0 saturated heterocycles. The molecule has 16 heavy (non-hydrogen) atoms. The summed E-state index contributed by atoms with van der Waals surface area (Å²) in [4.78, 5) is 26.9. The SMILES string of the molecule is Cl.Cl.O=[N+]([O-])c1ccc(CP(=O)(O)O)cc1. The van der Waals surface area contributed by atoms with Gasteiger partial charge in [-0.15, -0.1) is 24.8 Å². The zero-order valence-electron chi connectivity index (χ0n) is 7.85. The van der Waals surface area contributed by atoms with E-state index in [2.05, 4.69) is 0 Å². The Morgan fingerprint density at radius 1 is 1.19 bits per heavy atom. The number of nitro groups is 1. The summed E-state index contributed by atoms with van der Waals surface area (Å²) < 4.78 is 10.6. The molecule has 0 unspecified atom stereocenters. The van der Waals surface area contributed by atoms with Crippen LogP contribution in [-0.2, 0) is 10.7 Å². The van der Waals surface area contributed by atoms with Gasteiger partial charge in [0.2, 0.25) is 0 Å². The highest BCUT2D eigenvalue weighted by Crippen LogP contribution is 2.39. The second-order valence-corrected chi connectivity index (χ2v) is 4.39. The Morgan fingerprint density at radius 2 is 1.62 bits per heavy atom. The Kier molecular flexibility index (Phi) is 7.57. The molecule has 0 aliphatic rings. The minimum absolute atomic E-state index is 0. The van der Waals surface area contributed by atoms with Crippen LogP contribution in [0.4, 0.5) is 5.69 Å². The minimum Gasteiger partial charge on any atom is -0.324 e. The van der Waals surface area contributed by atoms with Crippen molar-refractivity contribution >= 4 is 38.1 Å². The monoisotopic (exact) mass is 289 g/mol. The van der Waals surface area contributed by atoms with Crippen LogP contribution < -0.4 is 0 Å². The Morgan fingerprint density at radius 3 is 1.94 bits per heavy atom. The van der Waals surface area contributed by atoms with Crippen molar-refractivity contribution in [1.29, 1.82) is 0 Å². The minimum atomic E-state index is -4.10. The summed E-state index contributed by atoms with van der Waals surface area (Å²) in [5.41, 5.74) is 0.281. The van der Waals surface area contributed by atoms with Gasteiger partial charge in [0.25, 0.3) is 5.69 Å². The molecule has 1 aromatic rings. The fourth-order valence-electron chi connectivity index (χ4n) is 0.961. The molecule has 0 amide bonds. The highest BCUT2D eigenvalue weighted by molar-refractivity contribution is 7.50. The van der Waals surface area contributed by atoms with Gasteiger partial charge in [-0.05, 0) is 5.56 Å². The third-order valence-corrected chi connectivity index (χ3v) is 2.31. The molecule has 6 nitrogen and oxygen atoms in total. The fourth-order valence-corrected chi connectivity index (χ4v) is 1.65. The smallest absolute Gasteiger partial charge is 0.324 e. The van der Waals surface area contributed by atoms with Crippen LogP contribution in [0.3, 0.4) is 0 Å². The lowest BCUT2D eigenvalue weighted by Crippen LogP contribution is -1.90. The number of nitrogens with zero attached hydrogens (tertiary/aromatic N) is 1. The second kappa shape index (κ2) is 6.83. The lowest BCUT2D eigenvalue weighted by Gasteiger charge is -2.02. The zero-order chi connectivity index (χ0) is 10.8. The van der Waals surface area contributed by atoms with Crippen molar-refractivity contribution in [3.8, 4) is 0 Å². The molecular weight excluding hydrogens is 280 g/mol. The Labute approximate surface area is 104 Å². The molecule has 0 bridgehead atoms. The molecule has 0 atom stereocenters. The van der Waals surface area contributed by atoms with Crippen molar-refractivity contribution in [2.75, 3.05) is 0 Å². The maximum absolute atomic E-state index is 10.6. The zero-order valence-corrected chi connectivity index (χ0v) is 10.4. The molecule has 0 aliphatic heterocycles. The first-order valence-corrected chi connectivity index (χ1v) is 5.46. The average Bonchev–Trinajstić information content (AvgIpc) is 2.02. The quantitative estimate of drug-likeness (QED) is 0.504. The lowest BCUT2D eigenvalue weighted by molar-refractivity contribution is -0.384. The van der Waals surface area contributed by atoms with Gasteiger partial charge in [0.15, 0.2) is 0 Å². The fraction of sp³-hybridized carbons (Fsp3) is 0.143. The van der Waals surface area contributed by atoms with Crippen molar-refractivity contribution in [3.05, 3.63) is 39.9 Å². The first kappa shape index (κ1) is 17.7. The molecule has 0 fully saturated rings. The second-order valence-electron chi connectivity index (χ2n) is 2.75. The van der Waals surface area contributed by atoms with Crippen LogP contribution in [-0.4, -0.2) is 14.7 Å². The van der Waals surface area contributed by atoms with E-state index in [1.165, 1.54) is 24.3 Å². The van der Waals surface area contributed by atoms with E-state index in [4.69, 9.17) is 9.79 Å². The molecule has 1 rings (SSSR count). The van der Waals surface area contributed by atoms with Gasteiger partial charge in [0.05, 0.1) is 11.1 Å². The van der Waals surface area contributed by atoms with Crippen molar-refractivity contribution in [2.24, 2.45) is 0 Å². The van der Waals surface area contributed by atoms with Crippen LogP contribution in [0.15, 0.2) is 24.3 Å². The number of nitro benzene ring substituents is 1. The summed E-state index contributed by atoms with van der Waals surface area (Å²) >= 11 is 0. The molecule has 2 N–H and O–H groups in total. The third kappa shape index (κ3) is 6.05. The van der Waals surface area contributed by atoms with E-state index in [0.29, 0.717) is 5.56 Å². The van der Waals surface area contributed by atoms with Gasteiger partial charge in [-0.1, -0.05) is 12.1 Å². The van der Waals surface area contributed by atoms with Gasteiger partial charge in [-0.2, -0.15) is 0 Å². The molecule has 92 valence electrons. The molecule has 0 aliphatic carbocycles. The highest BCUT2D eigenvalue weighted by Gasteiger charge is 2.14. The van der Waals surface area contributed by atoms with Crippen LogP contribution in [0, 0.1) is 10.1 Å². The maximum atomic E-state index is 10.6. The Balaban J connectivity index is 0. The van der Waals surface area contributed by atoms with Gasteiger partial charge in [0.1, 0.15) is 0 Å². The average molecular weight is 290 g/mol. The number of non-ortho nitro benzene ring substituents is 1. The highest BCUT2D eigenvalue weighted by atomic mass is 35.5. The van der Waals surface area contributed by atoms with E-state index in [1.54, 1.807) is 0 Å². The summed E-state index contributed by atoms with van der Waals surface area (Å²) in [7, 11) is -4.10. The predicted octanol–water partition coefficient (Wildman–Crippen LogP) is 2.12. The van der Waals surface area contributed by atoms with Crippen molar-refractivity contribution in [3.63, 3.8) is 0 Å². The van der Waals surface area contributed by atoms with E-state index in [1.807, 2.05) is 0 Å². The van der Waals surface area contributed by atoms with Crippen LogP contribution in [0.5, 0.6) is 0 Å². The molecule has 0 saturated carbocycles. The van der Waals surface area contributed by atoms with E-state index in [-0.39, 0.29) is 30.5 Å². The summed E-state index contributed by atoms with van der Waals surface area (Å²) in [6.07, 6.45) is -0.398. The van der Waals surface area contributed by atoms with Crippen molar-refractivity contribution in [2.45, 2.75) is 6.16 Å². The van der Waals surface area contributed by atoms with E-state index < -0.39 is 18.7 Å². The first-order chi connectivity index (χ1) is 6.38. The number of rotatable bonds is 3. The van der Waals surface area contributed by atoms with E-state index in [0.717, 1.165) is 0 Å². The summed E-state index contributed by atoms with van der Waals surface area (Å²) in [6.45, 7) is 0. The van der Waals surface area contributed by atoms with Crippen LogP contribution in [0.1, 0.15) is 5.56 Å². The van der Waals surface area contributed by atoms with Gasteiger partial charge in [-0.25, -0.2) is 0 Å². The number of hydrogen-bond donors (Lipinski definition) is 2. The summed E-state index contributed by atoms with van der Waals surface area (Å²) in [5, 5.41) is 10.2. The van der Waals surface area contributed by atoms with Crippen molar-refractivity contribution < 1.29 is 19.3 Å². The van der Waals surface area contributed by atoms with Crippen LogP contribution in [0.2, 0.25) is 0 Å². The molecule has 0 radical (unpaired) electrons. The van der Waals surface area contributed by atoms with E-state index in [9.17, 15) is 14.7 Å². The van der Waals surface area contributed by atoms with Gasteiger partial charge >= 0.3 is 7.60 Å². The Hall–Kier alpha value is -0.650. The molecule has 0 aromatic heterocycles. The largest absolute Gasteiger partial charge is 0.329 e. The van der Waals surface area contributed by atoms with Gasteiger partial charge < -0.3 is 9.79 Å². The molecule has 0 heterocycles. The molecular formula is C7H10Cl2NO5P. The topological polar surface area (TPSA) is 101 Å². The normalized spacial score (nSPS) is 9.88. The third-order valence-electron chi connectivity index (χ3n) is 1.54. The first-order valence-electron chi connectivity index (χ1n) is 3.66. The van der Waals surface area contributed by atoms with Gasteiger partial charge in [0, 0.05) is 12.1 Å². The summed E-state index contributed by atoms with van der Waals surface area (Å²) in [6, 6.07) is 5.09. The number of hydrogen-bond acceptors (Lipinski definition) is 3. The molecule has 1 aromatic carbocycles. The number of benzene rings is 1. The van der Waals surface area contributed by atoms with Crippen LogP contribution in [0.25, 0.3) is 0 Å². The molecule has 0 spiro atoms. The maximum Gasteiger partial charge on any atom is 0.329 e. The van der Waals surface area contributed by atoms with Crippen molar-refractivity contribution in [1.82, 2.24) is 0 Å². The number of halogens is 2. The van der Waals surface area contributed by atoms with E-state index >= 15 is 0 Å². The summed E-state index contributed by atoms with van der Waals surface area (Å²) in [5.74, 6) is 0. The Bertz CT molecular complexity index is 390. The predicted molar refractivity (Wildman–Crippen MR) is 63.3 cm³/mol. The lowest BCUT2D eigenvalue weighted by atomic mass is 10.2. The standard InChI is InChI=1S/C7H8NO5P.2ClH/c9-8(10)7-3-1-6(2-4-7)5-14(11,12)13;;/h1-4H,5H2,(H2,11,12,13);2*1H. The molecule has 9 heteroatoms. The van der Waals surface area contributed by atoms with Gasteiger partial charge in [-0.3, -0.25) is 14.7 Å². The van der Waals surface area contributed by atoms with Crippen LogP contribution >= 0.6 is 32.4 Å².